The molecule has 2 heterocycles. The van der Waals surface area contributed by atoms with Gasteiger partial charge in [0.2, 0.25) is 0 Å². The van der Waals surface area contributed by atoms with Crippen LogP contribution in [0.5, 0.6) is 0 Å². The molecule has 1 unspecified atom stereocenters. The number of hydrazone groups is 1. The van der Waals surface area contributed by atoms with Gasteiger partial charge in [-0.2, -0.15) is 5.10 Å². The third-order valence-electron chi connectivity index (χ3n) is 2.57. The highest BCUT2D eigenvalue weighted by molar-refractivity contribution is 8.14. The number of hydrogen-bond acceptors (Lipinski definition) is 5. The fourth-order valence-electron chi connectivity index (χ4n) is 1.85. The molecule has 17 heavy (non-hydrogen) atoms. The van der Waals surface area contributed by atoms with E-state index in [2.05, 4.69) is 36.1 Å². The van der Waals surface area contributed by atoms with E-state index in [1.54, 1.807) is 0 Å². The van der Waals surface area contributed by atoms with E-state index in [0.717, 1.165) is 12.1 Å². The number of nitrogens with zero attached hydrogens (tertiary/aromatic N) is 3. The van der Waals surface area contributed by atoms with Crippen LogP contribution in [0.2, 0.25) is 0 Å². The molecule has 0 spiro atoms. The molecule has 2 rings (SSSR count). The summed E-state index contributed by atoms with van der Waals surface area (Å²) in [6, 6.07) is 4.21. The van der Waals surface area contributed by atoms with Gasteiger partial charge in [0.05, 0.1) is 5.69 Å². The first kappa shape index (κ1) is 12.2. The number of pyridine rings is 1. The Hall–Kier alpha value is -1.23. The summed E-state index contributed by atoms with van der Waals surface area (Å²) in [5, 5.41) is 6.74. The quantitative estimate of drug-likeness (QED) is 0.893. The minimum Gasteiger partial charge on any atom is -0.377 e. The van der Waals surface area contributed by atoms with E-state index in [0.29, 0.717) is 11.1 Å². The van der Waals surface area contributed by atoms with Crippen molar-refractivity contribution < 1.29 is 0 Å². The summed E-state index contributed by atoms with van der Waals surface area (Å²) in [7, 11) is 1.92. The van der Waals surface area contributed by atoms with Crippen LogP contribution in [0.15, 0.2) is 23.4 Å². The Labute approximate surface area is 106 Å². The minimum atomic E-state index is 0.114. The van der Waals surface area contributed by atoms with Gasteiger partial charge in [0.1, 0.15) is 5.37 Å². The number of rotatable bonds is 3. The fourth-order valence-corrected chi connectivity index (χ4v) is 2.71. The van der Waals surface area contributed by atoms with Gasteiger partial charge >= 0.3 is 0 Å². The van der Waals surface area contributed by atoms with Crippen LogP contribution in [0.3, 0.4) is 0 Å². The van der Waals surface area contributed by atoms with Gasteiger partial charge in [-0.05, 0) is 24.0 Å². The van der Waals surface area contributed by atoms with Crippen molar-refractivity contribution in [1.29, 1.82) is 0 Å². The Balaban J connectivity index is 2.08. The maximum absolute atomic E-state index is 5.69. The van der Waals surface area contributed by atoms with E-state index in [9.17, 15) is 0 Å². The average Bonchev–Trinajstić information content (AvgIpc) is 2.58. The van der Waals surface area contributed by atoms with E-state index in [4.69, 9.17) is 5.73 Å². The van der Waals surface area contributed by atoms with E-state index in [1.807, 2.05) is 18.3 Å². The van der Waals surface area contributed by atoms with Crippen LogP contribution >= 0.6 is 11.8 Å². The van der Waals surface area contributed by atoms with Crippen molar-refractivity contribution in [2.45, 2.75) is 25.6 Å². The van der Waals surface area contributed by atoms with E-state index in [1.165, 1.54) is 17.3 Å². The van der Waals surface area contributed by atoms with Gasteiger partial charge in [-0.3, -0.25) is 9.99 Å². The van der Waals surface area contributed by atoms with Crippen molar-refractivity contribution in [2.75, 3.05) is 7.05 Å². The Bertz CT molecular complexity index is 413. The Morgan fingerprint density at radius 1 is 1.47 bits per heavy atom. The first-order valence-electron chi connectivity index (χ1n) is 5.74. The third kappa shape index (κ3) is 2.91. The van der Waals surface area contributed by atoms with E-state index < -0.39 is 0 Å². The molecule has 4 nitrogen and oxygen atoms in total. The van der Waals surface area contributed by atoms with Gasteiger partial charge in [-0.15, -0.1) is 0 Å². The highest BCUT2D eigenvalue weighted by atomic mass is 32.2. The van der Waals surface area contributed by atoms with Gasteiger partial charge in [0.25, 0.3) is 0 Å². The predicted molar refractivity (Wildman–Crippen MR) is 72.5 cm³/mol. The fraction of sp³-hybridized carbons (Fsp3) is 0.500. The molecule has 0 amide bonds. The highest BCUT2D eigenvalue weighted by Gasteiger charge is 2.25. The monoisotopic (exact) mass is 250 g/mol. The van der Waals surface area contributed by atoms with Crippen molar-refractivity contribution in [3.05, 3.63) is 29.6 Å². The molecule has 0 saturated heterocycles. The summed E-state index contributed by atoms with van der Waals surface area (Å²) in [6.45, 7) is 4.42. The zero-order chi connectivity index (χ0) is 12.4. The Kier molecular flexibility index (Phi) is 3.57. The molecule has 1 aliphatic heterocycles. The number of amidine groups is 1. The van der Waals surface area contributed by atoms with Crippen LogP contribution in [0, 0.1) is 5.92 Å². The first-order chi connectivity index (χ1) is 8.06. The minimum absolute atomic E-state index is 0.114. The lowest BCUT2D eigenvalue weighted by atomic mass is 10.0. The maximum Gasteiger partial charge on any atom is 0.180 e. The second-order valence-electron chi connectivity index (χ2n) is 4.67. The van der Waals surface area contributed by atoms with Crippen LogP contribution < -0.4 is 5.73 Å². The van der Waals surface area contributed by atoms with E-state index in [-0.39, 0.29) is 5.37 Å². The van der Waals surface area contributed by atoms with Crippen molar-refractivity contribution in [3.8, 4) is 0 Å². The summed E-state index contributed by atoms with van der Waals surface area (Å²) >= 11 is 1.54. The standard InChI is InChI=1S/C12H18N4S/c1-8(2)6-9-4-5-10(14-7-9)11-16(3)15-12(13)17-11/h4-5,7-8,11H,6H2,1-3H3,(H2,13,15). The van der Waals surface area contributed by atoms with Gasteiger partial charge in [0.15, 0.2) is 5.17 Å². The molecule has 0 aliphatic carbocycles. The van der Waals surface area contributed by atoms with Crippen LogP contribution in [-0.2, 0) is 6.42 Å². The van der Waals surface area contributed by atoms with E-state index >= 15 is 0 Å². The van der Waals surface area contributed by atoms with Gasteiger partial charge in [0, 0.05) is 13.2 Å². The maximum atomic E-state index is 5.69. The predicted octanol–water partition coefficient (Wildman–Crippen LogP) is 2.19. The van der Waals surface area contributed by atoms with Gasteiger partial charge in [-0.1, -0.05) is 31.7 Å². The lowest BCUT2D eigenvalue weighted by Crippen LogP contribution is -2.13. The van der Waals surface area contributed by atoms with Crippen LogP contribution in [0.4, 0.5) is 0 Å². The molecule has 5 heteroatoms. The summed E-state index contributed by atoms with van der Waals surface area (Å²) in [4.78, 5) is 4.51. The molecule has 0 radical (unpaired) electrons. The molecule has 92 valence electrons. The van der Waals surface area contributed by atoms with Gasteiger partial charge < -0.3 is 5.73 Å². The molecule has 1 aliphatic rings. The number of aromatic nitrogens is 1. The van der Waals surface area contributed by atoms with Crippen LogP contribution in [0.25, 0.3) is 0 Å². The molecule has 0 bridgehead atoms. The molecule has 0 aromatic carbocycles. The SMILES string of the molecule is CC(C)Cc1ccc(C2SC(N)=NN2C)nc1. The normalized spacial score (nSPS) is 19.9. The zero-order valence-electron chi connectivity index (χ0n) is 10.4. The van der Waals surface area contributed by atoms with Gasteiger partial charge in [-0.25, -0.2) is 0 Å². The largest absolute Gasteiger partial charge is 0.377 e. The summed E-state index contributed by atoms with van der Waals surface area (Å²) < 4.78 is 0. The lowest BCUT2D eigenvalue weighted by molar-refractivity contribution is 0.342. The molecule has 0 fully saturated rings. The molecule has 1 aromatic heterocycles. The summed E-state index contributed by atoms with van der Waals surface area (Å²) in [6.07, 6.45) is 3.03. The Morgan fingerprint density at radius 3 is 2.71 bits per heavy atom. The number of hydrogen-bond donors (Lipinski definition) is 1. The second-order valence-corrected chi connectivity index (χ2v) is 5.77. The second kappa shape index (κ2) is 4.96. The van der Waals surface area contributed by atoms with Crippen LogP contribution in [0.1, 0.15) is 30.5 Å². The summed E-state index contributed by atoms with van der Waals surface area (Å²) in [5.74, 6) is 0.658. The van der Waals surface area contributed by atoms with Crippen LogP contribution in [-0.4, -0.2) is 22.2 Å². The zero-order valence-corrected chi connectivity index (χ0v) is 11.2. The highest BCUT2D eigenvalue weighted by Crippen LogP contribution is 2.35. The molecule has 0 saturated carbocycles. The smallest absolute Gasteiger partial charge is 0.180 e. The number of thioether (sulfide) groups is 1. The topological polar surface area (TPSA) is 54.5 Å². The molecular weight excluding hydrogens is 232 g/mol. The molecule has 2 N–H and O–H groups in total. The molecular formula is C12H18N4S. The molecule has 1 atom stereocenters. The number of nitrogens with two attached hydrogens (primary N) is 1. The van der Waals surface area contributed by atoms with Crippen molar-refractivity contribution in [3.63, 3.8) is 0 Å². The lowest BCUT2D eigenvalue weighted by Gasteiger charge is -2.17. The van der Waals surface area contributed by atoms with Crippen molar-refractivity contribution >= 4 is 16.9 Å². The average molecular weight is 250 g/mol. The van der Waals surface area contributed by atoms with Crippen molar-refractivity contribution in [2.24, 2.45) is 16.8 Å². The summed E-state index contributed by atoms with van der Waals surface area (Å²) in [5.41, 5.74) is 7.98. The first-order valence-corrected chi connectivity index (χ1v) is 6.62. The third-order valence-corrected chi connectivity index (χ3v) is 3.67. The Morgan fingerprint density at radius 2 is 2.24 bits per heavy atom. The van der Waals surface area contributed by atoms with Crippen molar-refractivity contribution in [1.82, 2.24) is 9.99 Å². The molecule has 1 aromatic rings.